The molecular formula is C18H14ClN3O3S. The number of thioether (sulfide) groups is 1. The Morgan fingerprint density at radius 3 is 2.69 bits per heavy atom. The molecule has 0 radical (unpaired) electrons. The molecule has 1 aromatic carbocycles. The predicted octanol–water partition coefficient (Wildman–Crippen LogP) is 3.76. The fourth-order valence-electron chi connectivity index (χ4n) is 2.20. The highest BCUT2D eigenvalue weighted by molar-refractivity contribution is 8.18. The van der Waals surface area contributed by atoms with Gasteiger partial charge in [-0.25, -0.2) is 14.8 Å². The molecule has 0 saturated carbocycles. The molecule has 3 rings (SSSR count). The van der Waals surface area contributed by atoms with Gasteiger partial charge >= 0.3 is 5.97 Å². The van der Waals surface area contributed by atoms with E-state index in [2.05, 4.69) is 14.7 Å². The standard InChI is InChI=1S/C18H14ClN3O3S/c1-22-16(23)14(10-11-5-7-12(8-6-11)17(24)25-2)26-18(22)21-13-4-3-9-20-15(13)19/h3-10H,1-2H3/b14-10-,21-18?. The van der Waals surface area contributed by atoms with Gasteiger partial charge in [-0.15, -0.1) is 0 Å². The van der Waals surface area contributed by atoms with Crippen LogP contribution in [-0.2, 0) is 9.53 Å². The average Bonchev–Trinajstić information content (AvgIpc) is 2.91. The number of likely N-dealkylation sites (N-methyl/N-ethyl adjacent to an activating group) is 1. The summed E-state index contributed by atoms with van der Waals surface area (Å²) in [6, 6.07) is 10.3. The first-order valence-electron chi connectivity index (χ1n) is 7.55. The Morgan fingerprint density at radius 1 is 1.31 bits per heavy atom. The molecule has 0 spiro atoms. The Balaban J connectivity index is 1.85. The zero-order valence-electron chi connectivity index (χ0n) is 14.0. The number of carbonyl (C=O) groups excluding carboxylic acids is 2. The second kappa shape index (κ2) is 7.72. The van der Waals surface area contributed by atoms with Crippen LogP contribution in [0.4, 0.5) is 5.69 Å². The number of carbonyl (C=O) groups is 2. The van der Waals surface area contributed by atoms with Crippen LogP contribution in [0.1, 0.15) is 15.9 Å². The Labute approximate surface area is 159 Å². The van der Waals surface area contributed by atoms with Crippen molar-refractivity contribution in [1.29, 1.82) is 0 Å². The summed E-state index contributed by atoms with van der Waals surface area (Å²) in [5, 5.41) is 0.791. The van der Waals surface area contributed by atoms with Crippen LogP contribution in [0.3, 0.4) is 0 Å². The van der Waals surface area contributed by atoms with Crippen LogP contribution in [0.15, 0.2) is 52.5 Å². The van der Waals surface area contributed by atoms with E-state index < -0.39 is 5.97 Å². The first-order valence-corrected chi connectivity index (χ1v) is 8.74. The molecular weight excluding hydrogens is 374 g/mol. The minimum absolute atomic E-state index is 0.161. The molecule has 2 heterocycles. The summed E-state index contributed by atoms with van der Waals surface area (Å²) < 4.78 is 4.67. The van der Waals surface area contributed by atoms with Crippen molar-refractivity contribution < 1.29 is 14.3 Å². The number of ether oxygens (including phenoxy) is 1. The number of aromatic nitrogens is 1. The van der Waals surface area contributed by atoms with Crippen molar-refractivity contribution in [3.05, 3.63) is 63.8 Å². The number of esters is 1. The highest BCUT2D eigenvalue weighted by Gasteiger charge is 2.30. The quantitative estimate of drug-likeness (QED) is 0.455. The van der Waals surface area contributed by atoms with E-state index in [4.69, 9.17) is 11.6 Å². The van der Waals surface area contributed by atoms with Crippen LogP contribution in [0.25, 0.3) is 6.08 Å². The number of aliphatic imine (C=N–C) groups is 1. The lowest BCUT2D eigenvalue weighted by molar-refractivity contribution is -0.121. The molecule has 0 N–H and O–H groups in total. The lowest BCUT2D eigenvalue weighted by Gasteiger charge is -2.07. The Hall–Kier alpha value is -2.64. The first kappa shape index (κ1) is 18.2. The fraction of sp³-hybridized carbons (Fsp3) is 0.111. The molecule has 1 aromatic heterocycles. The number of pyridine rings is 1. The number of hydrogen-bond acceptors (Lipinski definition) is 6. The number of rotatable bonds is 3. The van der Waals surface area contributed by atoms with Gasteiger partial charge in [0.25, 0.3) is 5.91 Å². The average molecular weight is 388 g/mol. The molecule has 6 nitrogen and oxygen atoms in total. The number of hydrogen-bond donors (Lipinski definition) is 0. The summed E-state index contributed by atoms with van der Waals surface area (Å²) in [4.78, 5) is 34.3. The topological polar surface area (TPSA) is 71.9 Å². The number of amidine groups is 1. The van der Waals surface area contributed by atoms with Crippen molar-refractivity contribution in [1.82, 2.24) is 9.88 Å². The summed E-state index contributed by atoms with van der Waals surface area (Å²) in [5.41, 5.74) is 1.74. The van der Waals surface area contributed by atoms with Crippen molar-refractivity contribution in [2.24, 2.45) is 4.99 Å². The fourth-order valence-corrected chi connectivity index (χ4v) is 3.34. The van der Waals surface area contributed by atoms with Crippen molar-refractivity contribution in [2.45, 2.75) is 0 Å². The lowest BCUT2D eigenvalue weighted by atomic mass is 10.1. The molecule has 0 bridgehead atoms. The van der Waals surface area contributed by atoms with Gasteiger partial charge in [-0.3, -0.25) is 9.69 Å². The van der Waals surface area contributed by atoms with Gasteiger partial charge in [0.15, 0.2) is 10.3 Å². The summed E-state index contributed by atoms with van der Waals surface area (Å²) in [6.07, 6.45) is 3.32. The van der Waals surface area contributed by atoms with E-state index in [1.807, 2.05) is 0 Å². The van der Waals surface area contributed by atoms with Gasteiger partial charge in [0.1, 0.15) is 5.69 Å². The normalized spacial score (nSPS) is 17.2. The molecule has 1 fully saturated rings. The van der Waals surface area contributed by atoms with E-state index in [9.17, 15) is 9.59 Å². The van der Waals surface area contributed by atoms with Gasteiger partial charge in [-0.05, 0) is 47.7 Å². The Morgan fingerprint density at radius 2 is 2.04 bits per heavy atom. The van der Waals surface area contributed by atoms with Crippen LogP contribution in [0, 0.1) is 0 Å². The summed E-state index contributed by atoms with van der Waals surface area (Å²) in [6.45, 7) is 0. The van der Waals surface area contributed by atoms with Crippen molar-refractivity contribution in [3.63, 3.8) is 0 Å². The molecule has 1 amide bonds. The SMILES string of the molecule is COC(=O)c1ccc(/C=C2\SC(=Nc3cccnc3Cl)N(C)C2=O)cc1. The zero-order valence-corrected chi connectivity index (χ0v) is 15.5. The largest absolute Gasteiger partial charge is 0.465 e. The molecule has 1 saturated heterocycles. The second-order valence-electron chi connectivity index (χ2n) is 5.30. The van der Waals surface area contributed by atoms with Crippen LogP contribution in [0.5, 0.6) is 0 Å². The van der Waals surface area contributed by atoms with Crippen LogP contribution in [0.2, 0.25) is 5.15 Å². The first-order chi connectivity index (χ1) is 12.5. The van der Waals surface area contributed by atoms with Crippen LogP contribution < -0.4 is 0 Å². The van der Waals surface area contributed by atoms with Gasteiger partial charge < -0.3 is 4.74 Å². The minimum Gasteiger partial charge on any atom is -0.465 e. The third-order valence-electron chi connectivity index (χ3n) is 3.59. The zero-order chi connectivity index (χ0) is 18.7. The third kappa shape index (κ3) is 3.79. The summed E-state index contributed by atoms with van der Waals surface area (Å²) in [5.74, 6) is -0.566. The Kier molecular flexibility index (Phi) is 5.39. The third-order valence-corrected chi connectivity index (χ3v) is 4.94. The lowest BCUT2D eigenvalue weighted by Crippen LogP contribution is -2.23. The predicted molar refractivity (Wildman–Crippen MR) is 102 cm³/mol. The Bertz CT molecular complexity index is 926. The number of nitrogens with zero attached hydrogens (tertiary/aromatic N) is 3. The minimum atomic E-state index is -0.405. The summed E-state index contributed by atoms with van der Waals surface area (Å²) in [7, 11) is 2.98. The molecule has 1 aliphatic heterocycles. The molecule has 0 aliphatic carbocycles. The monoisotopic (exact) mass is 387 g/mol. The van der Waals surface area contributed by atoms with Crippen molar-refractivity contribution in [2.75, 3.05) is 14.2 Å². The van der Waals surface area contributed by atoms with Gasteiger partial charge in [0.05, 0.1) is 17.6 Å². The maximum atomic E-state index is 12.4. The van der Waals surface area contributed by atoms with Crippen molar-refractivity contribution >= 4 is 52.2 Å². The molecule has 8 heteroatoms. The molecule has 0 unspecified atom stereocenters. The summed E-state index contributed by atoms with van der Waals surface area (Å²) >= 11 is 7.27. The number of halogens is 1. The molecule has 0 atom stereocenters. The van der Waals surface area contributed by atoms with E-state index in [0.29, 0.717) is 21.3 Å². The maximum Gasteiger partial charge on any atom is 0.337 e. The molecule has 132 valence electrons. The smallest absolute Gasteiger partial charge is 0.337 e. The molecule has 2 aromatic rings. The van der Waals surface area contributed by atoms with Gasteiger partial charge in [-0.1, -0.05) is 23.7 Å². The van der Waals surface area contributed by atoms with Gasteiger partial charge in [-0.2, -0.15) is 0 Å². The van der Waals surface area contributed by atoms with Gasteiger partial charge in [0, 0.05) is 13.2 Å². The van der Waals surface area contributed by atoms with E-state index in [0.717, 1.165) is 5.56 Å². The molecule has 1 aliphatic rings. The van der Waals surface area contributed by atoms with Crippen LogP contribution in [-0.4, -0.2) is 41.1 Å². The number of benzene rings is 1. The van der Waals surface area contributed by atoms with Crippen LogP contribution >= 0.6 is 23.4 Å². The maximum absolute atomic E-state index is 12.4. The molecule has 26 heavy (non-hydrogen) atoms. The highest BCUT2D eigenvalue weighted by Crippen LogP contribution is 2.34. The van der Waals surface area contributed by atoms with E-state index in [-0.39, 0.29) is 11.1 Å². The number of amides is 1. The van der Waals surface area contributed by atoms with E-state index >= 15 is 0 Å². The van der Waals surface area contributed by atoms with Crippen molar-refractivity contribution in [3.8, 4) is 0 Å². The highest BCUT2D eigenvalue weighted by atomic mass is 35.5. The van der Waals surface area contributed by atoms with E-state index in [1.165, 1.54) is 23.8 Å². The van der Waals surface area contributed by atoms with Gasteiger partial charge in [0.2, 0.25) is 0 Å². The second-order valence-corrected chi connectivity index (χ2v) is 6.66. The van der Waals surface area contributed by atoms with E-state index in [1.54, 1.807) is 55.7 Å². The number of methoxy groups -OCH3 is 1.